The van der Waals surface area contributed by atoms with Gasteiger partial charge in [0.1, 0.15) is 11.4 Å². The number of ketones is 1. The van der Waals surface area contributed by atoms with E-state index in [1.165, 1.54) is 12.1 Å². The number of carbonyl (C=O) groups is 2. The van der Waals surface area contributed by atoms with E-state index in [9.17, 15) is 18.0 Å². The number of ether oxygens (including phenoxy) is 1. The van der Waals surface area contributed by atoms with E-state index in [1.807, 2.05) is 37.3 Å². The minimum absolute atomic E-state index is 0.0416. The molecule has 0 radical (unpaired) electrons. The molecule has 1 amide bonds. The third kappa shape index (κ3) is 8.90. The van der Waals surface area contributed by atoms with E-state index in [4.69, 9.17) is 9.88 Å². The van der Waals surface area contributed by atoms with Crippen molar-refractivity contribution in [3.05, 3.63) is 125 Å². The molecular weight excluding hydrogens is 572 g/mol. The predicted molar refractivity (Wildman–Crippen MR) is 176 cm³/mol. The van der Waals surface area contributed by atoms with Gasteiger partial charge in [0.05, 0.1) is 4.90 Å². The van der Waals surface area contributed by atoms with Crippen molar-refractivity contribution < 1.29 is 22.7 Å². The van der Waals surface area contributed by atoms with Crippen molar-refractivity contribution in [2.24, 2.45) is 5.14 Å². The Bertz CT molecular complexity index is 1710. The highest BCUT2D eigenvalue weighted by atomic mass is 32.2. The van der Waals surface area contributed by atoms with Gasteiger partial charge in [-0.3, -0.25) is 9.59 Å². The number of benzene rings is 4. The topological polar surface area (TPSA) is 116 Å². The number of amides is 1. The van der Waals surface area contributed by atoms with E-state index >= 15 is 0 Å². The molecule has 0 aliphatic carbocycles. The molecule has 7 nitrogen and oxygen atoms in total. The molecule has 8 heteroatoms. The van der Waals surface area contributed by atoms with Gasteiger partial charge in [0.25, 0.3) is 5.91 Å². The lowest BCUT2D eigenvalue weighted by Crippen LogP contribution is -2.34. The van der Waals surface area contributed by atoms with Gasteiger partial charge in [-0.25, -0.2) is 13.6 Å². The Labute approximate surface area is 260 Å². The normalized spacial score (nSPS) is 14.7. The number of primary sulfonamides is 1. The van der Waals surface area contributed by atoms with Gasteiger partial charge >= 0.3 is 0 Å². The number of fused-ring (bicyclic) bond motifs is 1. The van der Waals surface area contributed by atoms with Gasteiger partial charge in [-0.1, -0.05) is 56.3 Å². The molecule has 4 aromatic carbocycles. The van der Waals surface area contributed by atoms with Crippen molar-refractivity contribution in [1.29, 1.82) is 0 Å². The Morgan fingerprint density at radius 2 is 1.45 bits per heavy atom. The Morgan fingerprint density at radius 1 is 0.886 bits per heavy atom. The monoisotopic (exact) mass is 610 g/mol. The van der Waals surface area contributed by atoms with Gasteiger partial charge in [-0.05, 0) is 98.3 Å². The third-order valence-corrected chi connectivity index (χ3v) is 8.02. The number of anilines is 1. The van der Waals surface area contributed by atoms with Crippen LogP contribution < -0.4 is 15.2 Å². The summed E-state index contributed by atoms with van der Waals surface area (Å²) >= 11 is 0. The summed E-state index contributed by atoms with van der Waals surface area (Å²) < 4.78 is 27.7. The summed E-state index contributed by atoms with van der Waals surface area (Å²) in [7, 11) is -3.53. The average molecular weight is 611 g/mol. The van der Waals surface area contributed by atoms with Crippen LogP contribution in [0.25, 0.3) is 0 Å². The fourth-order valence-electron chi connectivity index (χ4n) is 4.93. The molecule has 1 aliphatic heterocycles. The molecule has 0 aromatic heterocycles. The van der Waals surface area contributed by atoms with Gasteiger partial charge in [-0.15, -0.1) is 12.8 Å². The van der Waals surface area contributed by atoms with Crippen molar-refractivity contribution in [3.8, 4) is 18.6 Å². The Hall–Kier alpha value is -4.71. The molecule has 0 spiro atoms. The van der Waals surface area contributed by atoms with Crippen molar-refractivity contribution in [2.45, 2.75) is 57.0 Å². The van der Waals surface area contributed by atoms with Gasteiger partial charge in [0, 0.05) is 22.4 Å². The molecule has 1 atom stereocenters. The fourth-order valence-corrected chi connectivity index (χ4v) is 5.45. The van der Waals surface area contributed by atoms with E-state index < -0.39 is 10.0 Å². The molecule has 0 bridgehead atoms. The molecule has 1 unspecified atom stereocenters. The first-order valence-corrected chi connectivity index (χ1v) is 15.7. The van der Waals surface area contributed by atoms with Gasteiger partial charge in [0.15, 0.2) is 5.78 Å². The first-order valence-electron chi connectivity index (χ1n) is 14.2. The summed E-state index contributed by atoms with van der Waals surface area (Å²) in [6.45, 7) is 8.33. The van der Waals surface area contributed by atoms with Crippen LogP contribution >= 0.6 is 0 Å². The zero-order valence-electron chi connectivity index (χ0n) is 25.4. The molecular formula is C36H38N2O5S. The van der Waals surface area contributed by atoms with Crippen LogP contribution in [0, 0.1) is 12.8 Å². The summed E-state index contributed by atoms with van der Waals surface area (Å²) in [5.41, 5.74) is 4.42. The van der Waals surface area contributed by atoms with E-state index in [1.54, 1.807) is 54.6 Å². The molecule has 5 rings (SSSR count). The quantitative estimate of drug-likeness (QED) is 0.181. The highest BCUT2D eigenvalue weighted by molar-refractivity contribution is 7.89. The van der Waals surface area contributed by atoms with Crippen LogP contribution in [0.2, 0.25) is 0 Å². The van der Waals surface area contributed by atoms with E-state index in [-0.39, 0.29) is 22.2 Å². The lowest BCUT2D eigenvalue weighted by molar-refractivity contribution is 0.0746. The number of rotatable bonds is 6. The molecule has 228 valence electrons. The number of hydrogen-bond acceptors (Lipinski definition) is 5. The summed E-state index contributed by atoms with van der Waals surface area (Å²) in [4.78, 5) is 25.4. The van der Waals surface area contributed by atoms with Gasteiger partial charge in [0.2, 0.25) is 10.0 Å². The Balaban J connectivity index is 0.000000317. The van der Waals surface area contributed by atoms with Crippen LogP contribution in [-0.4, -0.2) is 25.7 Å². The maximum atomic E-state index is 12.8. The molecule has 0 fully saturated rings. The predicted octanol–water partition coefficient (Wildman–Crippen LogP) is 6.98. The second kappa shape index (κ2) is 14.6. The number of nitrogens with two attached hydrogens (primary N) is 1. The summed E-state index contributed by atoms with van der Waals surface area (Å²) in [5.74, 6) is 0.941. The van der Waals surface area contributed by atoms with Crippen LogP contribution in [0.4, 0.5) is 5.69 Å². The van der Waals surface area contributed by atoms with Crippen LogP contribution in [-0.2, 0) is 16.4 Å². The van der Waals surface area contributed by atoms with Crippen molar-refractivity contribution in [2.75, 3.05) is 5.32 Å². The molecule has 1 aliphatic rings. The minimum Gasteiger partial charge on any atom is -0.488 e. The summed E-state index contributed by atoms with van der Waals surface area (Å²) in [5, 5.41) is 7.83. The second-order valence-corrected chi connectivity index (χ2v) is 12.6. The van der Waals surface area contributed by atoms with Crippen LogP contribution in [0.3, 0.4) is 0 Å². The number of carbonyl (C=O) groups excluding carboxylic acids is 2. The lowest BCUT2D eigenvalue weighted by Gasteiger charge is -2.36. The molecule has 3 N–H and O–H groups in total. The van der Waals surface area contributed by atoms with Crippen molar-refractivity contribution in [1.82, 2.24) is 0 Å². The zero-order chi connectivity index (χ0) is 32.5. The minimum atomic E-state index is -3.53. The molecule has 0 saturated carbocycles. The molecule has 0 saturated heterocycles. The standard InChI is InChI=1S/C26H25NO3.C8H11NO2S.C2H2/c1-17-16-26(2,3)30-23-14-11-20(15-22(17)23)25(29)27-21-12-9-19(10-13-21)24(28)18-7-5-4-6-8-18;1-2-7-3-5-8(6-4-7)12(9,10)11;1-2/h4-15,17H,16H2,1-3H3,(H,27,29);3-6H,2H2,1H3,(H2,9,10,11);1-2H. The molecule has 1 heterocycles. The smallest absolute Gasteiger partial charge is 0.255 e. The lowest BCUT2D eigenvalue weighted by atomic mass is 9.85. The molecule has 4 aromatic rings. The van der Waals surface area contributed by atoms with E-state index in [0.717, 1.165) is 29.7 Å². The number of nitrogens with one attached hydrogen (secondary N) is 1. The third-order valence-electron chi connectivity index (χ3n) is 7.09. The van der Waals surface area contributed by atoms with Gasteiger partial charge in [-0.2, -0.15) is 0 Å². The Kier molecular flexibility index (Phi) is 11.2. The van der Waals surface area contributed by atoms with Crippen molar-refractivity contribution in [3.63, 3.8) is 0 Å². The number of sulfonamides is 1. The zero-order valence-corrected chi connectivity index (χ0v) is 26.2. The van der Waals surface area contributed by atoms with Crippen LogP contribution in [0.1, 0.15) is 77.4 Å². The fraction of sp³-hybridized carbons (Fsp3) is 0.222. The molecule has 44 heavy (non-hydrogen) atoms. The first-order chi connectivity index (χ1) is 20.9. The van der Waals surface area contributed by atoms with Crippen LogP contribution in [0.5, 0.6) is 5.75 Å². The van der Waals surface area contributed by atoms with E-state index in [2.05, 4.69) is 38.9 Å². The second-order valence-electron chi connectivity index (χ2n) is 11.0. The number of aryl methyl sites for hydroxylation is 1. The van der Waals surface area contributed by atoms with Gasteiger partial charge < -0.3 is 10.1 Å². The number of terminal acetylenes is 1. The highest BCUT2D eigenvalue weighted by Gasteiger charge is 2.31. The highest BCUT2D eigenvalue weighted by Crippen LogP contribution is 2.40. The number of hydrogen-bond donors (Lipinski definition) is 2. The van der Waals surface area contributed by atoms with E-state index in [0.29, 0.717) is 28.3 Å². The average Bonchev–Trinajstić information content (AvgIpc) is 3.01. The Morgan fingerprint density at radius 3 is 2.02 bits per heavy atom. The SMILES string of the molecule is C#C.CC1CC(C)(C)Oc2ccc(C(=O)Nc3ccc(C(=O)c4ccccc4)cc3)cc21.CCc1ccc(S(N)(=O)=O)cc1. The van der Waals surface area contributed by atoms with Crippen molar-refractivity contribution >= 4 is 27.4 Å². The first kappa shape index (κ1) is 33.8. The largest absolute Gasteiger partial charge is 0.488 e. The van der Waals surface area contributed by atoms with Crippen LogP contribution in [0.15, 0.2) is 102 Å². The summed E-state index contributed by atoms with van der Waals surface area (Å²) in [6.07, 6.45) is 9.80. The summed E-state index contributed by atoms with van der Waals surface area (Å²) in [6, 6.07) is 28.3. The maximum Gasteiger partial charge on any atom is 0.255 e. The maximum absolute atomic E-state index is 12.8.